The number of hydrogen-bond acceptors (Lipinski definition) is 4. The predicted molar refractivity (Wildman–Crippen MR) is 76.7 cm³/mol. The zero-order valence-electron chi connectivity index (χ0n) is 11.9. The van der Waals surface area contributed by atoms with Crippen LogP contribution in [0.2, 0.25) is 0 Å². The molecule has 5 nitrogen and oxygen atoms in total. The lowest BCUT2D eigenvalue weighted by Gasteiger charge is -2.11. The second-order valence-corrected chi connectivity index (χ2v) is 4.89. The van der Waals surface area contributed by atoms with Gasteiger partial charge >= 0.3 is 6.18 Å². The predicted octanol–water partition coefficient (Wildman–Crippen LogP) is 2.79. The van der Waals surface area contributed by atoms with Crippen LogP contribution in [0.15, 0.2) is 42.9 Å². The second kappa shape index (κ2) is 5.88. The fraction of sp³-hybridized carbons (Fsp3) is 0.200. The van der Waals surface area contributed by atoms with Crippen molar-refractivity contribution >= 4 is 5.65 Å². The van der Waals surface area contributed by atoms with E-state index in [4.69, 9.17) is 10.5 Å². The molecular weight excluding hydrogens is 309 g/mol. The Bertz CT molecular complexity index is 829. The zero-order valence-corrected chi connectivity index (χ0v) is 11.9. The SMILES string of the molecule is NCc1cn2ccnc2c(OCc2cccc(C(F)(F)F)c2)n1. The van der Waals surface area contributed by atoms with Crippen molar-refractivity contribution in [3.63, 3.8) is 0 Å². The van der Waals surface area contributed by atoms with Gasteiger partial charge in [0.2, 0.25) is 0 Å². The first-order valence-electron chi connectivity index (χ1n) is 6.79. The Balaban J connectivity index is 1.85. The summed E-state index contributed by atoms with van der Waals surface area (Å²) < 4.78 is 45.4. The first-order chi connectivity index (χ1) is 11.0. The Kier molecular flexibility index (Phi) is 3.91. The summed E-state index contributed by atoms with van der Waals surface area (Å²) in [5.41, 5.74) is 6.33. The number of fused-ring (bicyclic) bond motifs is 1. The first-order valence-corrected chi connectivity index (χ1v) is 6.79. The minimum atomic E-state index is -4.38. The molecule has 0 atom stereocenters. The van der Waals surface area contributed by atoms with Gasteiger partial charge in [-0.05, 0) is 17.7 Å². The van der Waals surface area contributed by atoms with Crippen molar-refractivity contribution in [1.82, 2.24) is 14.4 Å². The third-order valence-electron chi connectivity index (χ3n) is 3.23. The van der Waals surface area contributed by atoms with Gasteiger partial charge < -0.3 is 14.9 Å². The van der Waals surface area contributed by atoms with Gasteiger partial charge in [-0.3, -0.25) is 0 Å². The molecule has 0 aliphatic rings. The lowest BCUT2D eigenvalue weighted by molar-refractivity contribution is -0.137. The Morgan fingerprint density at radius 3 is 2.83 bits per heavy atom. The molecule has 0 spiro atoms. The average Bonchev–Trinajstić information content (AvgIpc) is 3.00. The van der Waals surface area contributed by atoms with Gasteiger partial charge in [-0.2, -0.15) is 13.2 Å². The van der Waals surface area contributed by atoms with Crippen LogP contribution < -0.4 is 10.5 Å². The van der Waals surface area contributed by atoms with Crippen molar-refractivity contribution in [3.8, 4) is 5.88 Å². The van der Waals surface area contributed by atoms with Crippen molar-refractivity contribution in [1.29, 1.82) is 0 Å². The molecule has 0 aliphatic carbocycles. The summed E-state index contributed by atoms with van der Waals surface area (Å²) in [5.74, 6) is 0.232. The molecule has 0 saturated heterocycles. The smallest absolute Gasteiger partial charge is 0.416 e. The molecule has 1 aromatic carbocycles. The number of halogens is 3. The Labute approximate surface area is 129 Å². The van der Waals surface area contributed by atoms with Gasteiger partial charge in [0.1, 0.15) is 6.61 Å². The summed E-state index contributed by atoms with van der Waals surface area (Å²) in [6.45, 7) is 0.168. The van der Waals surface area contributed by atoms with Gasteiger partial charge in [-0.25, -0.2) is 9.97 Å². The minimum Gasteiger partial charge on any atom is -0.470 e. The highest BCUT2D eigenvalue weighted by Gasteiger charge is 2.30. The molecule has 0 fully saturated rings. The van der Waals surface area contributed by atoms with E-state index in [0.717, 1.165) is 12.1 Å². The summed E-state index contributed by atoms with van der Waals surface area (Å²) >= 11 is 0. The molecule has 120 valence electrons. The van der Waals surface area contributed by atoms with E-state index < -0.39 is 11.7 Å². The fourth-order valence-electron chi connectivity index (χ4n) is 2.14. The van der Waals surface area contributed by atoms with Crippen LogP contribution >= 0.6 is 0 Å². The number of nitrogens with two attached hydrogens (primary N) is 1. The van der Waals surface area contributed by atoms with Gasteiger partial charge in [0.25, 0.3) is 5.88 Å². The van der Waals surface area contributed by atoms with Crippen molar-refractivity contribution in [2.75, 3.05) is 0 Å². The van der Waals surface area contributed by atoms with Gasteiger partial charge in [-0.1, -0.05) is 12.1 Å². The summed E-state index contributed by atoms with van der Waals surface area (Å²) in [6.07, 6.45) is 0.630. The largest absolute Gasteiger partial charge is 0.470 e. The standard InChI is InChI=1S/C15H13F3N4O/c16-15(17,18)11-3-1-2-10(6-11)9-23-14-13-20-4-5-22(13)8-12(7-19)21-14/h1-6,8H,7,9,19H2. The highest BCUT2D eigenvalue weighted by molar-refractivity contribution is 5.49. The van der Waals surface area contributed by atoms with Crippen LogP contribution in [-0.2, 0) is 19.3 Å². The maximum absolute atomic E-state index is 12.7. The minimum absolute atomic E-state index is 0.0482. The molecule has 0 unspecified atom stereocenters. The highest BCUT2D eigenvalue weighted by Crippen LogP contribution is 2.29. The van der Waals surface area contributed by atoms with E-state index in [-0.39, 0.29) is 19.0 Å². The summed E-state index contributed by atoms with van der Waals surface area (Å²) in [7, 11) is 0. The van der Waals surface area contributed by atoms with Crippen molar-refractivity contribution < 1.29 is 17.9 Å². The van der Waals surface area contributed by atoms with Crippen LogP contribution in [0.5, 0.6) is 5.88 Å². The number of aromatic nitrogens is 3. The molecule has 0 radical (unpaired) electrons. The molecule has 3 rings (SSSR count). The Morgan fingerprint density at radius 2 is 2.09 bits per heavy atom. The van der Waals surface area contributed by atoms with Crippen LogP contribution in [-0.4, -0.2) is 14.4 Å². The molecule has 0 aliphatic heterocycles. The van der Waals surface area contributed by atoms with Crippen LogP contribution in [0.4, 0.5) is 13.2 Å². The average molecular weight is 322 g/mol. The molecule has 2 aromatic heterocycles. The quantitative estimate of drug-likeness (QED) is 0.802. The van der Waals surface area contributed by atoms with Gasteiger partial charge in [0.15, 0.2) is 5.65 Å². The Morgan fingerprint density at radius 1 is 1.26 bits per heavy atom. The maximum Gasteiger partial charge on any atom is 0.416 e. The Hall–Kier alpha value is -2.61. The normalized spacial score (nSPS) is 11.8. The summed E-state index contributed by atoms with van der Waals surface area (Å²) in [4.78, 5) is 8.34. The molecule has 2 heterocycles. The molecule has 0 bridgehead atoms. The number of ether oxygens (including phenoxy) is 1. The monoisotopic (exact) mass is 322 g/mol. The topological polar surface area (TPSA) is 65.4 Å². The number of alkyl halides is 3. The molecule has 0 saturated carbocycles. The van der Waals surface area contributed by atoms with Crippen LogP contribution in [0.3, 0.4) is 0 Å². The lowest BCUT2D eigenvalue weighted by atomic mass is 10.1. The molecule has 0 amide bonds. The molecule has 23 heavy (non-hydrogen) atoms. The second-order valence-electron chi connectivity index (χ2n) is 4.89. The van der Waals surface area contributed by atoms with Crippen LogP contribution in [0.25, 0.3) is 5.65 Å². The van der Waals surface area contributed by atoms with Gasteiger partial charge in [0.05, 0.1) is 11.3 Å². The van der Waals surface area contributed by atoms with Gasteiger partial charge in [0, 0.05) is 25.1 Å². The van der Waals surface area contributed by atoms with Gasteiger partial charge in [-0.15, -0.1) is 0 Å². The van der Waals surface area contributed by atoms with Crippen molar-refractivity contribution in [2.45, 2.75) is 19.3 Å². The first kappa shape index (κ1) is 15.3. The molecule has 8 heteroatoms. The van der Waals surface area contributed by atoms with E-state index in [1.165, 1.54) is 6.07 Å². The third-order valence-corrected chi connectivity index (χ3v) is 3.23. The summed E-state index contributed by atoms with van der Waals surface area (Å²) in [5, 5.41) is 0. The number of imidazole rings is 1. The maximum atomic E-state index is 12.7. The molecular formula is C15H13F3N4O. The number of hydrogen-bond donors (Lipinski definition) is 1. The van der Waals surface area contributed by atoms with E-state index >= 15 is 0 Å². The molecule has 3 aromatic rings. The van der Waals surface area contributed by atoms with E-state index in [9.17, 15) is 13.2 Å². The fourth-order valence-corrected chi connectivity index (χ4v) is 2.14. The van der Waals surface area contributed by atoms with Crippen LogP contribution in [0.1, 0.15) is 16.8 Å². The zero-order chi connectivity index (χ0) is 16.4. The van der Waals surface area contributed by atoms with E-state index in [1.807, 2.05) is 0 Å². The third kappa shape index (κ3) is 3.26. The molecule has 2 N–H and O–H groups in total. The van der Waals surface area contributed by atoms with Crippen molar-refractivity contribution in [3.05, 3.63) is 59.7 Å². The summed E-state index contributed by atoms with van der Waals surface area (Å²) in [6, 6.07) is 4.97. The number of benzene rings is 1. The lowest BCUT2D eigenvalue weighted by Crippen LogP contribution is -2.08. The van der Waals surface area contributed by atoms with Crippen molar-refractivity contribution in [2.24, 2.45) is 5.73 Å². The van der Waals surface area contributed by atoms with E-state index in [2.05, 4.69) is 9.97 Å². The van der Waals surface area contributed by atoms with Crippen LogP contribution in [0, 0.1) is 0 Å². The highest BCUT2D eigenvalue weighted by atomic mass is 19.4. The van der Waals surface area contributed by atoms with E-state index in [0.29, 0.717) is 16.9 Å². The number of rotatable bonds is 4. The van der Waals surface area contributed by atoms with E-state index in [1.54, 1.807) is 29.1 Å². The number of nitrogens with zero attached hydrogens (tertiary/aromatic N) is 3.